The zero-order valence-electron chi connectivity index (χ0n) is 10.7. The largest absolute Gasteiger partial charge is 0.508 e. The van der Waals surface area contributed by atoms with E-state index in [2.05, 4.69) is 21.2 Å². The number of phenols is 1. The van der Waals surface area contributed by atoms with Crippen LogP contribution in [-0.4, -0.2) is 11.0 Å². The molecule has 0 saturated carbocycles. The van der Waals surface area contributed by atoms with E-state index in [1.165, 1.54) is 6.07 Å². The van der Waals surface area contributed by atoms with Crippen molar-refractivity contribution in [2.45, 2.75) is 13.8 Å². The smallest absolute Gasteiger partial charge is 0.255 e. The molecule has 0 saturated heterocycles. The van der Waals surface area contributed by atoms with Gasteiger partial charge in [0.1, 0.15) is 5.75 Å². The number of carbonyl (C=O) groups excluding carboxylic acids is 1. The van der Waals surface area contributed by atoms with Crippen LogP contribution in [-0.2, 0) is 0 Å². The lowest BCUT2D eigenvalue weighted by Crippen LogP contribution is -2.11. The van der Waals surface area contributed by atoms with Crippen molar-refractivity contribution in [3.05, 3.63) is 57.6 Å². The lowest BCUT2D eigenvalue weighted by Gasteiger charge is -2.08. The number of anilines is 1. The predicted octanol–water partition coefficient (Wildman–Crippen LogP) is 4.02. The van der Waals surface area contributed by atoms with Crippen LogP contribution in [0.15, 0.2) is 40.9 Å². The van der Waals surface area contributed by atoms with Crippen LogP contribution in [0.5, 0.6) is 5.75 Å². The molecule has 0 spiro atoms. The first-order valence-corrected chi connectivity index (χ1v) is 6.63. The summed E-state index contributed by atoms with van der Waals surface area (Å²) in [5.41, 5.74) is 2.95. The second kappa shape index (κ2) is 5.45. The van der Waals surface area contributed by atoms with Gasteiger partial charge in [-0.15, -0.1) is 0 Å². The van der Waals surface area contributed by atoms with Gasteiger partial charge in [0.15, 0.2) is 0 Å². The second-order valence-electron chi connectivity index (χ2n) is 4.47. The number of rotatable bonds is 2. The van der Waals surface area contributed by atoms with Crippen molar-refractivity contribution in [1.82, 2.24) is 0 Å². The molecule has 2 aromatic rings. The number of hydrogen-bond donors (Lipinski definition) is 2. The Morgan fingerprint density at radius 2 is 1.89 bits per heavy atom. The number of carbonyl (C=O) groups is 1. The Bertz CT molecular complexity index is 618. The molecule has 3 nitrogen and oxygen atoms in total. The van der Waals surface area contributed by atoms with Crippen molar-refractivity contribution in [3.8, 4) is 5.75 Å². The van der Waals surface area contributed by atoms with Crippen LogP contribution in [0.1, 0.15) is 21.5 Å². The fourth-order valence-electron chi connectivity index (χ4n) is 1.76. The van der Waals surface area contributed by atoms with Crippen LogP contribution in [0, 0.1) is 13.8 Å². The molecule has 0 radical (unpaired) electrons. The summed E-state index contributed by atoms with van der Waals surface area (Å²) >= 11 is 3.39. The summed E-state index contributed by atoms with van der Waals surface area (Å²) in [6.07, 6.45) is 0. The summed E-state index contributed by atoms with van der Waals surface area (Å²) in [5.74, 6) is -0.120. The predicted molar refractivity (Wildman–Crippen MR) is 79.7 cm³/mol. The molecule has 2 aromatic carbocycles. The maximum atomic E-state index is 12.1. The molecular formula is C15H14BrNO2. The maximum absolute atomic E-state index is 12.1. The van der Waals surface area contributed by atoms with Gasteiger partial charge in [0, 0.05) is 15.7 Å². The third-order valence-corrected chi connectivity index (χ3v) is 3.23. The van der Waals surface area contributed by atoms with Gasteiger partial charge in [-0.05, 0) is 55.3 Å². The number of aryl methyl sites for hydroxylation is 2. The molecule has 1 amide bonds. The first kappa shape index (κ1) is 13.6. The van der Waals surface area contributed by atoms with Crippen LogP contribution in [0.25, 0.3) is 0 Å². The molecule has 4 heteroatoms. The van der Waals surface area contributed by atoms with E-state index >= 15 is 0 Å². The Morgan fingerprint density at radius 1 is 1.16 bits per heavy atom. The zero-order valence-corrected chi connectivity index (χ0v) is 12.3. The minimum atomic E-state index is -0.243. The Labute approximate surface area is 120 Å². The zero-order chi connectivity index (χ0) is 14.0. The lowest BCUT2D eigenvalue weighted by molar-refractivity contribution is 0.102. The van der Waals surface area contributed by atoms with Gasteiger partial charge in [0.05, 0.1) is 0 Å². The van der Waals surface area contributed by atoms with Crippen LogP contribution < -0.4 is 5.32 Å². The van der Waals surface area contributed by atoms with Crippen LogP contribution in [0.4, 0.5) is 5.69 Å². The number of phenolic OH excluding ortho intramolecular Hbond substituents is 1. The number of aromatic hydroxyl groups is 1. The van der Waals surface area contributed by atoms with Crippen LogP contribution in [0.2, 0.25) is 0 Å². The number of hydrogen-bond acceptors (Lipinski definition) is 2. The van der Waals surface area contributed by atoms with Gasteiger partial charge in [-0.2, -0.15) is 0 Å². The third-order valence-electron chi connectivity index (χ3n) is 2.77. The minimum absolute atomic E-state index is 0.123. The monoisotopic (exact) mass is 319 g/mol. The number of nitrogens with one attached hydrogen (secondary N) is 1. The molecule has 0 heterocycles. The van der Waals surface area contributed by atoms with Crippen LogP contribution >= 0.6 is 15.9 Å². The highest BCUT2D eigenvalue weighted by atomic mass is 79.9. The highest BCUT2D eigenvalue weighted by Gasteiger charge is 2.08. The van der Waals surface area contributed by atoms with E-state index < -0.39 is 0 Å². The fourth-order valence-corrected chi connectivity index (χ4v) is 2.37. The van der Waals surface area contributed by atoms with Crippen LogP contribution in [0.3, 0.4) is 0 Å². The summed E-state index contributed by atoms with van der Waals surface area (Å²) in [6, 6.07) is 10.6. The molecule has 0 aliphatic heterocycles. The molecule has 0 aliphatic carbocycles. The summed E-state index contributed by atoms with van der Waals surface area (Å²) in [6.45, 7) is 3.74. The Balaban J connectivity index is 2.22. The summed E-state index contributed by atoms with van der Waals surface area (Å²) in [5, 5.41) is 12.4. The van der Waals surface area contributed by atoms with Crippen molar-refractivity contribution >= 4 is 27.5 Å². The molecule has 0 aromatic heterocycles. The first-order chi connectivity index (χ1) is 8.95. The van der Waals surface area contributed by atoms with E-state index in [0.29, 0.717) is 5.56 Å². The maximum Gasteiger partial charge on any atom is 0.255 e. The van der Waals surface area contributed by atoms with Gasteiger partial charge in [-0.3, -0.25) is 4.79 Å². The average Bonchev–Trinajstić information content (AvgIpc) is 2.31. The van der Waals surface area contributed by atoms with Gasteiger partial charge >= 0.3 is 0 Å². The van der Waals surface area contributed by atoms with E-state index in [0.717, 1.165) is 21.3 Å². The van der Waals surface area contributed by atoms with Gasteiger partial charge < -0.3 is 10.4 Å². The number of amides is 1. The van der Waals surface area contributed by atoms with E-state index in [1.807, 2.05) is 25.1 Å². The van der Waals surface area contributed by atoms with E-state index in [-0.39, 0.29) is 11.7 Å². The first-order valence-electron chi connectivity index (χ1n) is 5.84. The number of benzene rings is 2. The molecule has 19 heavy (non-hydrogen) atoms. The SMILES string of the molecule is Cc1cc(Br)cc(NC(=O)c2ccc(C)c(O)c2)c1. The van der Waals surface area contributed by atoms with Gasteiger partial charge in [-0.1, -0.05) is 22.0 Å². The Morgan fingerprint density at radius 3 is 2.53 bits per heavy atom. The van der Waals surface area contributed by atoms with Gasteiger partial charge in [-0.25, -0.2) is 0 Å². The van der Waals surface area contributed by atoms with E-state index in [4.69, 9.17) is 0 Å². The van der Waals surface area contributed by atoms with E-state index in [9.17, 15) is 9.90 Å². The quantitative estimate of drug-likeness (QED) is 0.878. The molecule has 2 rings (SSSR count). The topological polar surface area (TPSA) is 49.3 Å². The van der Waals surface area contributed by atoms with Gasteiger partial charge in [0.25, 0.3) is 5.91 Å². The van der Waals surface area contributed by atoms with Crippen molar-refractivity contribution in [2.75, 3.05) is 5.32 Å². The molecule has 2 N–H and O–H groups in total. The Kier molecular flexibility index (Phi) is 3.90. The summed E-state index contributed by atoms with van der Waals surface area (Å²) in [7, 11) is 0. The molecule has 0 bridgehead atoms. The van der Waals surface area contributed by atoms with E-state index in [1.54, 1.807) is 19.1 Å². The summed E-state index contributed by atoms with van der Waals surface area (Å²) in [4.78, 5) is 12.1. The molecular weight excluding hydrogens is 306 g/mol. The van der Waals surface area contributed by atoms with Crippen molar-refractivity contribution in [2.24, 2.45) is 0 Å². The fraction of sp³-hybridized carbons (Fsp3) is 0.133. The van der Waals surface area contributed by atoms with Crippen molar-refractivity contribution in [1.29, 1.82) is 0 Å². The standard InChI is InChI=1S/C15H14BrNO2/c1-9-5-12(16)8-13(6-9)17-15(19)11-4-3-10(2)14(18)7-11/h3-8,18H,1-2H3,(H,17,19). The summed E-state index contributed by atoms with van der Waals surface area (Å²) < 4.78 is 0.912. The lowest BCUT2D eigenvalue weighted by atomic mass is 10.1. The molecule has 0 fully saturated rings. The highest BCUT2D eigenvalue weighted by molar-refractivity contribution is 9.10. The molecule has 0 aliphatic rings. The number of halogens is 1. The van der Waals surface area contributed by atoms with Gasteiger partial charge in [0.2, 0.25) is 0 Å². The highest BCUT2D eigenvalue weighted by Crippen LogP contribution is 2.21. The normalized spacial score (nSPS) is 10.3. The molecule has 98 valence electrons. The third kappa shape index (κ3) is 3.35. The van der Waals surface area contributed by atoms with Crippen molar-refractivity contribution < 1.29 is 9.90 Å². The Hall–Kier alpha value is -1.81. The molecule has 0 atom stereocenters. The minimum Gasteiger partial charge on any atom is -0.508 e. The average molecular weight is 320 g/mol. The van der Waals surface area contributed by atoms with Crippen molar-refractivity contribution in [3.63, 3.8) is 0 Å². The molecule has 0 unspecified atom stereocenters. The second-order valence-corrected chi connectivity index (χ2v) is 5.39.